The third kappa shape index (κ3) is 1.52. The molecule has 0 amide bonds. The molecule has 0 aliphatic rings. The van der Waals surface area contributed by atoms with Crippen LogP contribution in [0.15, 0.2) is 22.6 Å². The van der Waals surface area contributed by atoms with Crippen molar-refractivity contribution in [3.63, 3.8) is 0 Å². The minimum absolute atomic E-state index is 0.160. The Morgan fingerprint density at radius 1 is 1.25 bits per heavy atom. The van der Waals surface area contributed by atoms with Crippen molar-refractivity contribution < 1.29 is 18.7 Å². The molecule has 0 saturated carbocycles. The monoisotopic (exact) mass is 220 g/mol. The van der Waals surface area contributed by atoms with E-state index >= 15 is 0 Å². The maximum Gasteiger partial charge on any atom is 0.212 e. The van der Waals surface area contributed by atoms with Crippen LogP contribution < -0.4 is 9.47 Å². The zero-order valence-electron chi connectivity index (χ0n) is 9.37. The highest BCUT2D eigenvalue weighted by atomic mass is 16.5. The van der Waals surface area contributed by atoms with Gasteiger partial charge in [0.1, 0.15) is 11.3 Å². The van der Waals surface area contributed by atoms with Gasteiger partial charge in [0.15, 0.2) is 11.5 Å². The molecular formula is C12H12O4. The number of hydrogen-bond acceptors (Lipinski definition) is 4. The maximum atomic E-state index is 11.3. The summed E-state index contributed by atoms with van der Waals surface area (Å²) in [5.41, 5.74) is 0.585. The number of furan rings is 1. The molecule has 0 bridgehead atoms. The third-order valence-corrected chi connectivity index (χ3v) is 2.38. The topological polar surface area (TPSA) is 48.7 Å². The second-order valence-corrected chi connectivity index (χ2v) is 3.38. The molecule has 16 heavy (non-hydrogen) atoms. The number of rotatable bonds is 3. The molecule has 0 unspecified atom stereocenters. The van der Waals surface area contributed by atoms with E-state index in [9.17, 15) is 4.79 Å². The average molecular weight is 220 g/mol. The fraction of sp³-hybridized carbons (Fsp3) is 0.250. The molecule has 0 atom stereocenters. The summed E-state index contributed by atoms with van der Waals surface area (Å²) in [5, 5.41) is 0.772. The molecule has 1 heterocycles. The number of methoxy groups -OCH3 is 2. The summed E-state index contributed by atoms with van der Waals surface area (Å²) < 4.78 is 15.7. The molecule has 0 spiro atoms. The Balaban J connectivity index is 2.71. The number of ketones is 1. The van der Waals surface area contributed by atoms with Gasteiger partial charge < -0.3 is 13.9 Å². The van der Waals surface area contributed by atoms with E-state index < -0.39 is 0 Å². The summed E-state index contributed by atoms with van der Waals surface area (Å²) in [7, 11) is 3.09. The molecule has 0 radical (unpaired) electrons. The van der Waals surface area contributed by atoms with Crippen LogP contribution in [0.1, 0.15) is 17.5 Å². The summed E-state index contributed by atoms with van der Waals surface area (Å²) in [4.78, 5) is 11.3. The highest BCUT2D eigenvalue weighted by molar-refractivity contribution is 6.01. The van der Waals surface area contributed by atoms with Crippen LogP contribution in [0.4, 0.5) is 0 Å². The van der Waals surface area contributed by atoms with E-state index in [1.165, 1.54) is 14.0 Å². The summed E-state index contributed by atoms with van der Waals surface area (Å²) in [5.74, 6) is 1.24. The maximum absolute atomic E-state index is 11.3. The average Bonchev–Trinajstić information content (AvgIpc) is 2.66. The highest BCUT2D eigenvalue weighted by Gasteiger charge is 2.18. The number of carbonyl (C=O) groups excluding carboxylic acids is 1. The molecule has 4 heteroatoms. The summed E-state index contributed by atoms with van der Waals surface area (Å²) in [6, 6.07) is 5.33. The van der Waals surface area contributed by atoms with Gasteiger partial charge in [0.05, 0.1) is 19.6 Å². The quantitative estimate of drug-likeness (QED) is 0.746. The standard InChI is InChI=1S/C12H12O4/c1-7(13)11-12(15-3)9-5-4-8(14-2)6-10(9)16-11/h4-6H,1-3H3. The van der Waals surface area contributed by atoms with Crippen molar-refractivity contribution in [2.24, 2.45) is 0 Å². The van der Waals surface area contributed by atoms with Crippen molar-refractivity contribution in [1.82, 2.24) is 0 Å². The van der Waals surface area contributed by atoms with Gasteiger partial charge in [-0.3, -0.25) is 4.79 Å². The predicted molar refractivity (Wildman–Crippen MR) is 59.3 cm³/mol. The zero-order chi connectivity index (χ0) is 11.7. The molecule has 0 N–H and O–H groups in total. The van der Waals surface area contributed by atoms with Gasteiger partial charge in [-0.05, 0) is 12.1 Å². The Hall–Kier alpha value is -1.97. The molecule has 0 saturated heterocycles. The lowest BCUT2D eigenvalue weighted by Crippen LogP contribution is -1.92. The van der Waals surface area contributed by atoms with Gasteiger partial charge in [-0.2, -0.15) is 0 Å². The first-order valence-electron chi connectivity index (χ1n) is 4.83. The summed E-state index contributed by atoms with van der Waals surface area (Å²) >= 11 is 0. The molecule has 1 aromatic carbocycles. The third-order valence-electron chi connectivity index (χ3n) is 2.38. The second kappa shape index (κ2) is 3.89. The van der Waals surface area contributed by atoms with E-state index in [0.29, 0.717) is 17.1 Å². The Kier molecular flexibility index (Phi) is 2.56. The number of fused-ring (bicyclic) bond motifs is 1. The Labute approximate surface area is 92.8 Å². The number of carbonyl (C=O) groups is 1. The van der Waals surface area contributed by atoms with Gasteiger partial charge in [0.25, 0.3) is 0 Å². The molecule has 0 fully saturated rings. The van der Waals surface area contributed by atoms with E-state index in [1.807, 2.05) is 6.07 Å². The van der Waals surface area contributed by atoms with Crippen LogP contribution in [0.2, 0.25) is 0 Å². The van der Waals surface area contributed by atoms with E-state index in [-0.39, 0.29) is 11.5 Å². The number of Topliss-reactive ketones (excluding diaryl/α,β-unsaturated/α-hetero) is 1. The lowest BCUT2D eigenvalue weighted by molar-refractivity contribution is 0.0985. The van der Waals surface area contributed by atoms with E-state index in [0.717, 1.165) is 5.39 Å². The molecule has 2 aromatic rings. The van der Waals surface area contributed by atoms with Crippen molar-refractivity contribution >= 4 is 16.8 Å². The van der Waals surface area contributed by atoms with Crippen molar-refractivity contribution in [2.45, 2.75) is 6.92 Å². The predicted octanol–water partition coefficient (Wildman–Crippen LogP) is 2.65. The Bertz CT molecular complexity index is 539. The summed E-state index contributed by atoms with van der Waals surface area (Å²) in [6.07, 6.45) is 0. The van der Waals surface area contributed by atoms with Crippen LogP contribution in [0, 0.1) is 0 Å². The van der Waals surface area contributed by atoms with Gasteiger partial charge in [-0.1, -0.05) is 0 Å². The summed E-state index contributed by atoms with van der Waals surface area (Å²) in [6.45, 7) is 1.44. The minimum atomic E-state index is -0.160. The highest BCUT2D eigenvalue weighted by Crippen LogP contribution is 2.35. The van der Waals surface area contributed by atoms with Crippen molar-refractivity contribution in [2.75, 3.05) is 14.2 Å². The van der Waals surface area contributed by atoms with Crippen molar-refractivity contribution in [1.29, 1.82) is 0 Å². The molecular weight excluding hydrogens is 208 g/mol. The van der Waals surface area contributed by atoms with Gasteiger partial charge >= 0.3 is 0 Å². The van der Waals surface area contributed by atoms with E-state index in [2.05, 4.69) is 0 Å². The van der Waals surface area contributed by atoms with Crippen LogP contribution in [-0.2, 0) is 0 Å². The number of hydrogen-bond donors (Lipinski definition) is 0. The zero-order valence-corrected chi connectivity index (χ0v) is 9.37. The fourth-order valence-corrected chi connectivity index (χ4v) is 1.61. The lowest BCUT2D eigenvalue weighted by Gasteiger charge is -1.99. The molecule has 4 nitrogen and oxygen atoms in total. The SMILES string of the molecule is COc1ccc2c(OC)c(C(C)=O)oc2c1. The second-order valence-electron chi connectivity index (χ2n) is 3.38. The van der Waals surface area contributed by atoms with Crippen molar-refractivity contribution in [3.8, 4) is 11.5 Å². The smallest absolute Gasteiger partial charge is 0.212 e. The minimum Gasteiger partial charge on any atom is -0.497 e. The van der Waals surface area contributed by atoms with Crippen LogP contribution in [0.25, 0.3) is 11.0 Å². The van der Waals surface area contributed by atoms with Gasteiger partial charge in [-0.15, -0.1) is 0 Å². The van der Waals surface area contributed by atoms with Crippen LogP contribution in [-0.4, -0.2) is 20.0 Å². The van der Waals surface area contributed by atoms with Crippen LogP contribution in [0.5, 0.6) is 11.5 Å². The van der Waals surface area contributed by atoms with Crippen LogP contribution in [0.3, 0.4) is 0 Å². The first kappa shape index (κ1) is 10.5. The molecule has 2 rings (SSSR count). The van der Waals surface area contributed by atoms with Gasteiger partial charge in [-0.25, -0.2) is 0 Å². The van der Waals surface area contributed by atoms with E-state index in [1.54, 1.807) is 19.2 Å². The fourth-order valence-electron chi connectivity index (χ4n) is 1.61. The van der Waals surface area contributed by atoms with Crippen molar-refractivity contribution in [3.05, 3.63) is 24.0 Å². The van der Waals surface area contributed by atoms with E-state index in [4.69, 9.17) is 13.9 Å². The number of ether oxygens (including phenoxy) is 2. The lowest BCUT2D eigenvalue weighted by atomic mass is 10.2. The Morgan fingerprint density at radius 3 is 2.56 bits per heavy atom. The van der Waals surface area contributed by atoms with Crippen LogP contribution >= 0.6 is 0 Å². The Morgan fingerprint density at radius 2 is 2.00 bits per heavy atom. The number of benzene rings is 1. The molecule has 0 aliphatic carbocycles. The molecule has 84 valence electrons. The first-order valence-corrected chi connectivity index (χ1v) is 4.83. The van der Waals surface area contributed by atoms with Gasteiger partial charge in [0, 0.05) is 13.0 Å². The molecule has 1 aromatic heterocycles. The normalized spacial score (nSPS) is 10.4. The first-order chi connectivity index (χ1) is 7.67. The molecule has 0 aliphatic heterocycles. The largest absolute Gasteiger partial charge is 0.497 e. The van der Waals surface area contributed by atoms with Gasteiger partial charge in [0.2, 0.25) is 5.76 Å².